The number of thioether (sulfide) groups is 2. The van der Waals surface area contributed by atoms with Crippen molar-refractivity contribution >= 4 is 62.4 Å². The molecular weight excluding hydrogens is 478 g/mol. The Hall–Kier alpha value is -1.55. The molecule has 1 heterocycles. The van der Waals surface area contributed by atoms with Gasteiger partial charge in [-0.05, 0) is 48.4 Å². The number of carbonyl (C=O) groups is 1. The van der Waals surface area contributed by atoms with Gasteiger partial charge in [-0.1, -0.05) is 62.9 Å². The maximum Gasteiger partial charge on any atom is 0.234 e. The van der Waals surface area contributed by atoms with Gasteiger partial charge >= 0.3 is 0 Å². The maximum absolute atomic E-state index is 12.1. The van der Waals surface area contributed by atoms with E-state index in [1.165, 1.54) is 28.7 Å². The topological polar surface area (TPSA) is 64.1 Å². The number of halogens is 1. The molecule has 5 nitrogen and oxygen atoms in total. The fraction of sp³-hybridized carbons (Fsp3) is 0.211. The quantitative estimate of drug-likeness (QED) is 0.407. The van der Waals surface area contributed by atoms with Crippen LogP contribution in [0.2, 0.25) is 0 Å². The van der Waals surface area contributed by atoms with E-state index in [0.717, 1.165) is 35.9 Å². The highest BCUT2D eigenvalue weighted by molar-refractivity contribution is 9.10. The first-order valence-electron chi connectivity index (χ1n) is 8.31. The van der Waals surface area contributed by atoms with E-state index in [1.54, 1.807) is 18.9 Å². The summed E-state index contributed by atoms with van der Waals surface area (Å²) >= 11 is 7.99. The molecule has 0 fully saturated rings. The summed E-state index contributed by atoms with van der Waals surface area (Å²) in [4.78, 5) is 12.1. The number of nitrogens with one attached hydrogen (secondary N) is 1. The molecular formula is C19H18BrN3O2S3. The van der Waals surface area contributed by atoms with Gasteiger partial charge in [-0.2, -0.15) is 0 Å². The van der Waals surface area contributed by atoms with E-state index in [4.69, 9.17) is 4.74 Å². The van der Waals surface area contributed by atoms with Crippen molar-refractivity contribution in [2.24, 2.45) is 0 Å². The molecule has 146 valence electrons. The number of benzene rings is 2. The zero-order valence-electron chi connectivity index (χ0n) is 15.3. The zero-order chi connectivity index (χ0) is 19.9. The molecule has 1 aromatic heterocycles. The summed E-state index contributed by atoms with van der Waals surface area (Å²) in [6, 6.07) is 13.7. The average molecular weight is 496 g/mol. The predicted octanol–water partition coefficient (Wildman–Crippen LogP) is 5.64. The molecule has 28 heavy (non-hydrogen) atoms. The molecule has 0 spiro atoms. The Morgan fingerprint density at radius 3 is 2.54 bits per heavy atom. The van der Waals surface area contributed by atoms with Gasteiger partial charge in [0.2, 0.25) is 5.91 Å². The van der Waals surface area contributed by atoms with Crippen molar-refractivity contribution in [3.8, 4) is 5.75 Å². The molecule has 0 saturated heterocycles. The molecule has 0 atom stereocenters. The molecule has 0 bridgehead atoms. The van der Waals surface area contributed by atoms with Gasteiger partial charge in [0.25, 0.3) is 0 Å². The van der Waals surface area contributed by atoms with Gasteiger partial charge in [0.15, 0.2) is 8.68 Å². The number of nitrogens with zero attached hydrogens (tertiary/aromatic N) is 2. The molecule has 0 radical (unpaired) electrons. The monoisotopic (exact) mass is 495 g/mol. The van der Waals surface area contributed by atoms with Crippen LogP contribution in [0.25, 0.3) is 0 Å². The Morgan fingerprint density at radius 1 is 1.14 bits per heavy atom. The summed E-state index contributed by atoms with van der Waals surface area (Å²) in [5.74, 6) is 1.90. The first-order chi connectivity index (χ1) is 13.5. The highest BCUT2D eigenvalue weighted by Crippen LogP contribution is 2.31. The van der Waals surface area contributed by atoms with Crippen LogP contribution in [-0.4, -0.2) is 29.0 Å². The third-order valence-electron chi connectivity index (χ3n) is 3.68. The zero-order valence-corrected chi connectivity index (χ0v) is 19.3. The second kappa shape index (κ2) is 10.3. The van der Waals surface area contributed by atoms with E-state index in [0.29, 0.717) is 5.75 Å². The third-order valence-corrected chi connectivity index (χ3v) is 7.83. The number of amides is 1. The normalized spacial score (nSPS) is 10.7. The molecule has 3 rings (SSSR count). The molecule has 0 saturated carbocycles. The Kier molecular flexibility index (Phi) is 7.78. The number of carbonyl (C=O) groups excluding carboxylic acids is 1. The third kappa shape index (κ3) is 6.23. The summed E-state index contributed by atoms with van der Waals surface area (Å²) in [7, 11) is 1.66. The molecule has 9 heteroatoms. The molecule has 0 aliphatic rings. The molecule has 1 N–H and O–H groups in total. The number of aryl methyl sites for hydroxylation is 1. The molecule has 0 aliphatic heterocycles. The van der Waals surface area contributed by atoms with Crippen LogP contribution < -0.4 is 10.1 Å². The standard InChI is InChI=1S/C19H18BrN3O2S3/c1-12-9-14(5-8-16(12)20)21-17(24)11-27-19-23-22-18(28-19)26-10-13-3-6-15(25-2)7-4-13/h3-9H,10-11H2,1-2H3,(H,21,24). The second-order valence-electron chi connectivity index (χ2n) is 5.77. The van der Waals surface area contributed by atoms with Gasteiger partial charge < -0.3 is 10.1 Å². The lowest BCUT2D eigenvalue weighted by atomic mass is 10.2. The summed E-state index contributed by atoms with van der Waals surface area (Å²) in [6.45, 7) is 1.99. The number of anilines is 1. The highest BCUT2D eigenvalue weighted by atomic mass is 79.9. The first kappa shape index (κ1) is 21.2. The largest absolute Gasteiger partial charge is 0.497 e. The average Bonchev–Trinajstić information content (AvgIpc) is 3.16. The van der Waals surface area contributed by atoms with Crippen molar-refractivity contribution in [2.45, 2.75) is 21.4 Å². The van der Waals surface area contributed by atoms with Crippen LogP contribution in [0.15, 0.2) is 55.6 Å². The highest BCUT2D eigenvalue weighted by Gasteiger charge is 2.10. The fourth-order valence-corrected chi connectivity index (χ4v) is 5.25. The van der Waals surface area contributed by atoms with E-state index in [9.17, 15) is 4.79 Å². The van der Waals surface area contributed by atoms with Crippen molar-refractivity contribution < 1.29 is 9.53 Å². The van der Waals surface area contributed by atoms with Crippen LogP contribution >= 0.6 is 50.8 Å². The van der Waals surface area contributed by atoms with Gasteiger partial charge in [0.1, 0.15) is 5.75 Å². The number of rotatable bonds is 8. The van der Waals surface area contributed by atoms with Gasteiger partial charge in [-0.15, -0.1) is 10.2 Å². The predicted molar refractivity (Wildman–Crippen MR) is 121 cm³/mol. The first-order valence-corrected chi connectivity index (χ1v) is 11.9. The summed E-state index contributed by atoms with van der Waals surface area (Å²) in [5, 5.41) is 11.3. The van der Waals surface area contributed by atoms with E-state index in [1.807, 2.05) is 49.4 Å². The molecule has 3 aromatic rings. The summed E-state index contributed by atoms with van der Waals surface area (Å²) < 4.78 is 7.87. The van der Waals surface area contributed by atoms with E-state index >= 15 is 0 Å². The van der Waals surface area contributed by atoms with Gasteiger partial charge in [-0.3, -0.25) is 4.79 Å². The maximum atomic E-state index is 12.1. The van der Waals surface area contributed by atoms with Crippen molar-refractivity contribution in [3.63, 3.8) is 0 Å². The van der Waals surface area contributed by atoms with Gasteiger partial charge in [-0.25, -0.2) is 0 Å². The van der Waals surface area contributed by atoms with Crippen molar-refractivity contribution in [2.75, 3.05) is 18.2 Å². The lowest BCUT2D eigenvalue weighted by Gasteiger charge is -2.06. The van der Waals surface area contributed by atoms with Gasteiger partial charge in [0, 0.05) is 15.9 Å². The molecule has 1 amide bonds. The van der Waals surface area contributed by atoms with E-state index in [2.05, 4.69) is 31.4 Å². The molecule has 0 aliphatic carbocycles. The lowest BCUT2D eigenvalue weighted by molar-refractivity contribution is -0.113. The van der Waals surface area contributed by atoms with Crippen molar-refractivity contribution in [1.82, 2.24) is 10.2 Å². The Balaban J connectivity index is 1.45. The number of hydrogen-bond acceptors (Lipinski definition) is 7. The van der Waals surface area contributed by atoms with E-state index < -0.39 is 0 Å². The Morgan fingerprint density at radius 2 is 1.86 bits per heavy atom. The lowest BCUT2D eigenvalue weighted by Crippen LogP contribution is -2.14. The summed E-state index contributed by atoms with van der Waals surface area (Å²) in [6.07, 6.45) is 0. The van der Waals surface area contributed by atoms with Crippen LogP contribution in [0.5, 0.6) is 5.75 Å². The molecule has 0 unspecified atom stereocenters. The number of methoxy groups -OCH3 is 1. The van der Waals surface area contributed by atoms with Crippen LogP contribution in [0.1, 0.15) is 11.1 Å². The van der Waals surface area contributed by atoms with Crippen LogP contribution in [-0.2, 0) is 10.5 Å². The second-order valence-corrected chi connectivity index (χ2v) is 10.0. The van der Waals surface area contributed by atoms with Gasteiger partial charge in [0.05, 0.1) is 12.9 Å². The minimum Gasteiger partial charge on any atom is -0.497 e. The van der Waals surface area contributed by atoms with E-state index in [-0.39, 0.29) is 5.91 Å². The fourth-order valence-electron chi connectivity index (χ4n) is 2.23. The number of aromatic nitrogens is 2. The number of hydrogen-bond donors (Lipinski definition) is 1. The number of ether oxygens (including phenoxy) is 1. The summed E-state index contributed by atoms with van der Waals surface area (Å²) in [5.41, 5.74) is 3.06. The van der Waals surface area contributed by atoms with Crippen molar-refractivity contribution in [3.05, 3.63) is 58.1 Å². The SMILES string of the molecule is COc1ccc(CSc2nnc(SCC(=O)Nc3ccc(Br)c(C)c3)s2)cc1. The Labute approximate surface area is 184 Å². The minimum absolute atomic E-state index is 0.0608. The van der Waals surface area contributed by atoms with Crippen LogP contribution in [0, 0.1) is 6.92 Å². The van der Waals surface area contributed by atoms with Crippen LogP contribution in [0.4, 0.5) is 5.69 Å². The van der Waals surface area contributed by atoms with Crippen LogP contribution in [0.3, 0.4) is 0 Å². The molecule has 2 aromatic carbocycles. The van der Waals surface area contributed by atoms with Crippen molar-refractivity contribution in [1.29, 1.82) is 0 Å². The smallest absolute Gasteiger partial charge is 0.234 e. The Bertz CT molecular complexity index is 948. The minimum atomic E-state index is -0.0608.